The molecule has 0 aliphatic carbocycles. The van der Waals surface area contributed by atoms with Gasteiger partial charge in [-0.1, -0.05) is 17.7 Å². The maximum Gasteiger partial charge on any atom is 0.246 e. The molecule has 0 spiro atoms. The van der Waals surface area contributed by atoms with Crippen molar-refractivity contribution in [1.29, 1.82) is 0 Å². The van der Waals surface area contributed by atoms with E-state index >= 15 is 0 Å². The zero-order valence-corrected chi connectivity index (χ0v) is 12.6. The minimum atomic E-state index is -3.62. The van der Waals surface area contributed by atoms with Crippen LogP contribution in [0.1, 0.15) is 6.42 Å². The summed E-state index contributed by atoms with van der Waals surface area (Å²) in [5, 5.41) is 0.174. The molecule has 1 atom stereocenters. The van der Waals surface area contributed by atoms with Crippen molar-refractivity contribution in [3.05, 3.63) is 23.2 Å². The Kier molecular flexibility index (Phi) is 4.06. The Labute approximate surface area is 119 Å². The van der Waals surface area contributed by atoms with Gasteiger partial charge in [-0.3, -0.25) is 0 Å². The fourth-order valence-electron chi connectivity index (χ4n) is 2.28. The van der Waals surface area contributed by atoms with Gasteiger partial charge in [-0.15, -0.1) is 0 Å². The van der Waals surface area contributed by atoms with Crippen molar-refractivity contribution in [2.24, 2.45) is 0 Å². The van der Waals surface area contributed by atoms with Crippen molar-refractivity contribution < 1.29 is 8.42 Å². The van der Waals surface area contributed by atoms with E-state index in [0.717, 1.165) is 6.42 Å². The molecule has 0 aromatic heterocycles. The van der Waals surface area contributed by atoms with Gasteiger partial charge < -0.3 is 10.6 Å². The lowest BCUT2D eigenvalue weighted by atomic mass is 10.2. The second-order valence-electron chi connectivity index (χ2n) is 4.93. The maximum atomic E-state index is 12.6. The van der Waals surface area contributed by atoms with Crippen molar-refractivity contribution >= 4 is 27.3 Å². The number of benzene rings is 1. The van der Waals surface area contributed by atoms with E-state index in [1.54, 1.807) is 18.2 Å². The molecule has 106 valence electrons. The third-order valence-electron chi connectivity index (χ3n) is 3.45. The van der Waals surface area contributed by atoms with Gasteiger partial charge in [0.05, 0.1) is 10.7 Å². The van der Waals surface area contributed by atoms with Crippen molar-refractivity contribution in [3.8, 4) is 0 Å². The van der Waals surface area contributed by atoms with Gasteiger partial charge >= 0.3 is 0 Å². The molecule has 1 aliphatic rings. The average Bonchev–Trinajstić information content (AvgIpc) is 2.78. The smallest absolute Gasteiger partial charge is 0.246 e. The average molecular weight is 304 g/mol. The van der Waals surface area contributed by atoms with Crippen LogP contribution in [0.3, 0.4) is 0 Å². The predicted octanol–water partition coefficient (Wildman–Crippen LogP) is 1.25. The summed E-state index contributed by atoms with van der Waals surface area (Å²) in [6, 6.07) is 4.98. The molecule has 2 N–H and O–H groups in total. The van der Waals surface area contributed by atoms with Crippen LogP contribution in [0.15, 0.2) is 23.1 Å². The quantitative estimate of drug-likeness (QED) is 0.853. The molecular weight excluding hydrogens is 286 g/mol. The first kappa shape index (κ1) is 14.6. The van der Waals surface area contributed by atoms with E-state index in [4.69, 9.17) is 17.3 Å². The van der Waals surface area contributed by atoms with E-state index in [-0.39, 0.29) is 21.6 Å². The largest absolute Gasteiger partial charge is 0.398 e. The van der Waals surface area contributed by atoms with E-state index in [0.29, 0.717) is 13.1 Å². The first-order valence-corrected chi connectivity index (χ1v) is 7.86. The van der Waals surface area contributed by atoms with Gasteiger partial charge in [-0.25, -0.2) is 8.42 Å². The third kappa shape index (κ3) is 2.72. The lowest BCUT2D eigenvalue weighted by molar-refractivity contribution is 0.302. The molecule has 1 fully saturated rings. The molecule has 1 aliphatic heterocycles. The summed E-state index contributed by atoms with van der Waals surface area (Å²) in [5.41, 5.74) is 5.96. The molecule has 1 unspecified atom stereocenters. The number of hydrogen-bond donors (Lipinski definition) is 1. The zero-order chi connectivity index (χ0) is 14.2. The summed E-state index contributed by atoms with van der Waals surface area (Å²) < 4.78 is 26.6. The molecule has 0 radical (unpaired) electrons. The highest BCUT2D eigenvalue weighted by Gasteiger charge is 2.35. The Balaban J connectivity index is 2.34. The van der Waals surface area contributed by atoms with Gasteiger partial charge in [-0.05, 0) is 32.6 Å². The Bertz CT molecular complexity index is 554. The number of halogens is 1. The van der Waals surface area contributed by atoms with Crippen molar-refractivity contribution in [3.63, 3.8) is 0 Å². The topological polar surface area (TPSA) is 66.6 Å². The highest BCUT2D eigenvalue weighted by Crippen LogP contribution is 2.31. The van der Waals surface area contributed by atoms with Gasteiger partial charge in [0.1, 0.15) is 4.90 Å². The van der Waals surface area contributed by atoms with E-state index in [1.165, 1.54) is 4.31 Å². The Hall–Kier alpha value is -0.820. The summed E-state index contributed by atoms with van der Waals surface area (Å²) in [6.45, 7) is 0.968. The highest BCUT2D eigenvalue weighted by atomic mass is 35.5. The summed E-state index contributed by atoms with van der Waals surface area (Å²) in [5.74, 6) is 0. The molecule has 2 rings (SSSR count). The van der Waals surface area contributed by atoms with Crippen molar-refractivity contribution in [2.45, 2.75) is 17.4 Å². The molecule has 7 heteroatoms. The minimum Gasteiger partial charge on any atom is -0.398 e. The molecule has 5 nitrogen and oxygen atoms in total. The second-order valence-corrected chi connectivity index (χ2v) is 7.21. The van der Waals surface area contributed by atoms with E-state index in [1.807, 2.05) is 19.0 Å². The van der Waals surface area contributed by atoms with Crippen LogP contribution < -0.4 is 5.73 Å². The number of nitrogens with two attached hydrogens (primary N) is 1. The number of anilines is 1. The summed E-state index contributed by atoms with van der Waals surface area (Å²) in [7, 11) is 0.281. The zero-order valence-electron chi connectivity index (χ0n) is 11.0. The van der Waals surface area contributed by atoms with E-state index < -0.39 is 10.0 Å². The maximum absolute atomic E-state index is 12.6. The number of nitrogens with zero attached hydrogens (tertiary/aromatic N) is 2. The van der Waals surface area contributed by atoms with Gasteiger partial charge in [0, 0.05) is 19.1 Å². The van der Waals surface area contributed by atoms with E-state index in [2.05, 4.69) is 0 Å². The molecule has 1 heterocycles. The van der Waals surface area contributed by atoms with Crippen LogP contribution in [0.4, 0.5) is 5.69 Å². The highest BCUT2D eigenvalue weighted by molar-refractivity contribution is 7.89. The van der Waals surface area contributed by atoms with Gasteiger partial charge in [-0.2, -0.15) is 4.31 Å². The van der Waals surface area contributed by atoms with Gasteiger partial charge in [0.15, 0.2) is 0 Å². The predicted molar refractivity (Wildman–Crippen MR) is 76.7 cm³/mol. The Morgan fingerprint density at radius 3 is 2.63 bits per heavy atom. The van der Waals surface area contributed by atoms with E-state index in [9.17, 15) is 8.42 Å². The Morgan fingerprint density at radius 1 is 1.42 bits per heavy atom. The van der Waals surface area contributed by atoms with Crippen LogP contribution in [-0.2, 0) is 10.0 Å². The van der Waals surface area contributed by atoms with Crippen LogP contribution in [0.25, 0.3) is 0 Å². The van der Waals surface area contributed by atoms with Crippen LogP contribution in [0.2, 0.25) is 5.02 Å². The Morgan fingerprint density at radius 2 is 2.11 bits per heavy atom. The number of sulfonamides is 1. The van der Waals surface area contributed by atoms with Gasteiger partial charge in [0.2, 0.25) is 10.0 Å². The first-order chi connectivity index (χ1) is 8.84. The minimum absolute atomic E-state index is 0.0241. The molecule has 0 amide bonds. The van der Waals surface area contributed by atoms with Crippen LogP contribution in [-0.4, -0.2) is 50.8 Å². The van der Waals surface area contributed by atoms with Crippen LogP contribution in [0, 0.1) is 0 Å². The summed E-state index contributed by atoms with van der Waals surface area (Å²) in [6.07, 6.45) is 0.816. The summed E-state index contributed by atoms with van der Waals surface area (Å²) >= 11 is 6.00. The lowest BCUT2D eigenvalue weighted by Crippen LogP contribution is -2.34. The third-order valence-corrected chi connectivity index (χ3v) is 5.86. The molecule has 1 aromatic carbocycles. The number of hydrogen-bond acceptors (Lipinski definition) is 4. The van der Waals surface area contributed by atoms with Crippen LogP contribution in [0.5, 0.6) is 0 Å². The molecule has 19 heavy (non-hydrogen) atoms. The fourth-order valence-corrected chi connectivity index (χ4v) is 4.40. The van der Waals surface area contributed by atoms with Gasteiger partial charge in [0.25, 0.3) is 0 Å². The first-order valence-electron chi connectivity index (χ1n) is 6.04. The van der Waals surface area contributed by atoms with Crippen molar-refractivity contribution in [2.75, 3.05) is 32.9 Å². The number of rotatable bonds is 3. The molecule has 1 aromatic rings. The SMILES string of the molecule is CN(C)C1CCN(S(=O)(=O)c2c(N)cccc2Cl)C1. The molecular formula is C12H18ClN3O2S. The normalized spacial score (nSPS) is 21.2. The number of likely N-dealkylation sites (N-methyl/N-ethyl adjacent to an activating group) is 1. The standard InChI is InChI=1S/C12H18ClN3O2S/c1-15(2)9-6-7-16(8-9)19(17,18)12-10(13)4-3-5-11(12)14/h3-5,9H,6-8,14H2,1-2H3. The molecule has 0 saturated carbocycles. The fraction of sp³-hybridized carbons (Fsp3) is 0.500. The monoisotopic (exact) mass is 303 g/mol. The van der Waals surface area contributed by atoms with Crippen molar-refractivity contribution in [1.82, 2.24) is 9.21 Å². The molecule has 0 bridgehead atoms. The van der Waals surface area contributed by atoms with Crippen LogP contribution >= 0.6 is 11.6 Å². The number of nitrogen functional groups attached to an aromatic ring is 1. The molecule has 1 saturated heterocycles. The lowest BCUT2D eigenvalue weighted by Gasteiger charge is -2.21. The second kappa shape index (κ2) is 5.28. The summed E-state index contributed by atoms with van der Waals surface area (Å²) in [4.78, 5) is 2.06.